The minimum atomic E-state index is 0. The Morgan fingerprint density at radius 1 is 1.12 bits per heavy atom. The lowest BCUT2D eigenvalue weighted by atomic mass is 9.97. The lowest BCUT2D eigenvalue weighted by molar-refractivity contribution is -0.689. The first-order valence-corrected chi connectivity index (χ1v) is 8.81. The fourth-order valence-corrected chi connectivity index (χ4v) is 3.95. The van der Waals surface area contributed by atoms with Crippen molar-refractivity contribution in [3.05, 3.63) is 59.4 Å². The van der Waals surface area contributed by atoms with Gasteiger partial charge >= 0.3 is 0 Å². The lowest BCUT2D eigenvalue weighted by Crippen LogP contribution is -3.00. The quantitative estimate of drug-likeness (QED) is 0.702. The molecule has 3 heterocycles. The Morgan fingerprint density at radius 2 is 2.00 bits per heavy atom. The van der Waals surface area contributed by atoms with Crippen LogP contribution < -0.4 is 26.4 Å². The molecule has 0 unspecified atom stereocenters. The largest absolute Gasteiger partial charge is 1.00 e. The van der Waals surface area contributed by atoms with Crippen LogP contribution in [0.15, 0.2) is 42.6 Å². The molecule has 0 saturated carbocycles. The zero-order valence-corrected chi connectivity index (χ0v) is 16.1. The molecule has 2 aliphatic rings. The number of hydrogen-bond acceptors (Lipinski definition) is 1. The summed E-state index contributed by atoms with van der Waals surface area (Å²) in [6.07, 6.45) is 8.18. The molecule has 2 aliphatic heterocycles. The van der Waals surface area contributed by atoms with Crippen LogP contribution in [0.25, 0.3) is 11.6 Å². The standard InChI is InChI=1S/C21H25N2.BrH/c1-16(2)23-12-5-6-18-14-17(8-9-21(18)23)15-19-10-13-22-11-4-3-7-20(19)22;/h3-4,7-9,11,14-16H,5-6,10,12-13H2,1-2H3;1H/q+1;/p-1. The number of allylic oxidation sites excluding steroid dienone is 1. The molecule has 0 bridgehead atoms. The van der Waals surface area contributed by atoms with Crippen molar-refractivity contribution in [2.24, 2.45) is 0 Å². The zero-order valence-electron chi connectivity index (χ0n) is 14.5. The molecule has 2 aromatic rings. The molecule has 4 rings (SSSR count). The number of rotatable bonds is 2. The number of halogens is 1. The van der Waals surface area contributed by atoms with E-state index in [4.69, 9.17) is 0 Å². The molecule has 1 aromatic heterocycles. The molecular formula is C21H25BrN2. The monoisotopic (exact) mass is 384 g/mol. The Morgan fingerprint density at radius 3 is 2.83 bits per heavy atom. The van der Waals surface area contributed by atoms with E-state index in [1.54, 1.807) is 0 Å². The van der Waals surface area contributed by atoms with E-state index < -0.39 is 0 Å². The smallest absolute Gasteiger partial charge is 0.208 e. The predicted octanol–water partition coefficient (Wildman–Crippen LogP) is 1.08. The van der Waals surface area contributed by atoms with Crippen molar-refractivity contribution >= 4 is 17.3 Å². The molecule has 3 heteroatoms. The third-order valence-electron chi connectivity index (χ3n) is 5.11. The number of nitrogens with zero attached hydrogens (tertiary/aromatic N) is 2. The minimum absolute atomic E-state index is 0. The van der Waals surface area contributed by atoms with Crippen LogP contribution in [0.2, 0.25) is 0 Å². The third kappa shape index (κ3) is 3.14. The van der Waals surface area contributed by atoms with E-state index in [9.17, 15) is 0 Å². The first-order valence-electron chi connectivity index (χ1n) is 8.81. The first kappa shape index (κ1) is 17.2. The summed E-state index contributed by atoms with van der Waals surface area (Å²) in [4.78, 5) is 2.54. The van der Waals surface area contributed by atoms with Gasteiger partial charge in [-0.3, -0.25) is 0 Å². The number of hydrogen-bond donors (Lipinski definition) is 0. The summed E-state index contributed by atoms with van der Waals surface area (Å²) < 4.78 is 2.35. The number of aromatic nitrogens is 1. The summed E-state index contributed by atoms with van der Waals surface area (Å²) in [5.74, 6) is 0. The van der Waals surface area contributed by atoms with Crippen LogP contribution in [0, 0.1) is 0 Å². The van der Waals surface area contributed by atoms with Gasteiger partial charge < -0.3 is 21.9 Å². The first-order chi connectivity index (χ1) is 11.2. The minimum Gasteiger partial charge on any atom is -1.00 e. The third-order valence-corrected chi connectivity index (χ3v) is 5.11. The maximum atomic E-state index is 2.54. The van der Waals surface area contributed by atoms with Crippen LogP contribution in [-0.2, 0) is 13.0 Å². The molecule has 0 aliphatic carbocycles. The molecule has 0 N–H and O–H groups in total. The van der Waals surface area contributed by atoms with E-state index in [-0.39, 0.29) is 17.0 Å². The van der Waals surface area contributed by atoms with Crippen LogP contribution in [0.1, 0.15) is 43.5 Å². The average Bonchev–Trinajstić information content (AvgIpc) is 2.97. The molecule has 0 amide bonds. The highest BCUT2D eigenvalue weighted by atomic mass is 79.9. The van der Waals surface area contributed by atoms with Crippen molar-refractivity contribution in [3.63, 3.8) is 0 Å². The number of benzene rings is 1. The molecule has 0 radical (unpaired) electrons. The Bertz CT molecular complexity index is 764. The van der Waals surface area contributed by atoms with E-state index in [1.807, 2.05) is 0 Å². The van der Waals surface area contributed by atoms with Crippen LogP contribution >= 0.6 is 0 Å². The lowest BCUT2D eigenvalue weighted by Gasteiger charge is -2.34. The van der Waals surface area contributed by atoms with Crippen LogP contribution in [0.3, 0.4) is 0 Å². The van der Waals surface area contributed by atoms with Gasteiger partial charge in [0, 0.05) is 42.4 Å². The molecule has 0 fully saturated rings. The summed E-state index contributed by atoms with van der Waals surface area (Å²) in [7, 11) is 0. The van der Waals surface area contributed by atoms with Crippen molar-refractivity contribution in [2.75, 3.05) is 11.4 Å². The average molecular weight is 385 g/mol. The second-order valence-electron chi connectivity index (χ2n) is 6.98. The number of aryl methyl sites for hydroxylation is 2. The van der Waals surface area contributed by atoms with Gasteiger partial charge in [-0.1, -0.05) is 6.07 Å². The van der Waals surface area contributed by atoms with Gasteiger partial charge in [-0.2, -0.15) is 4.57 Å². The van der Waals surface area contributed by atoms with E-state index in [1.165, 1.54) is 47.5 Å². The van der Waals surface area contributed by atoms with Crippen LogP contribution in [0.4, 0.5) is 5.69 Å². The van der Waals surface area contributed by atoms with E-state index in [0.717, 1.165) is 13.0 Å². The van der Waals surface area contributed by atoms with Gasteiger partial charge in [0.2, 0.25) is 5.69 Å². The maximum Gasteiger partial charge on any atom is 0.208 e. The van der Waals surface area contributed by atoms with Crippen molar-refractivity contribution in [1.29, 1.82) is 0 Å². The van der Waals surface area contributed by atoms with Gasteiger partial charge in [0.25, 0.3) is 0 Å². The summed E-state index contributed by atoms with van der Waals surface area (Å²) >= 11 is 0. The SMILES string of the molecule is CC(C)N1CCCc2cc(/C=C3\CC[n+]4ccccc43)ccc21.[Br-]. The molecule has 2 nitrogen and oxygen atoms in total. The van der Waals surface area contributed by atoms with E-state index in [2.05, 4.69) is 72.0 Å². The fraction of sp³-hybridized carbons (Fsp3) is 0.381. The van der Waals surface area contributed by atoms with Crippen molar-refractivity contribution in [3.8, 4) is 0 Å². The van der Waals surface area contributed by atoms with Gasteiger partial charge in [-0.25, -0.2) is 0 Å². The summed E-state index contributed by atoms with van der Waals surface area (Å²) in [5.41, 5.74) is 7.13. The number of fused-ring (bicyclic) bond motifs is 2. The van der Waals surface area contributed by atoms with Crippen molar-refractivity contribution in [2.45, 2.75) is 45.7 Å². The van der Waals surface area contributed by atoms with E-state index in [0.29, 0.717) is 6.04 Å². The molecular weight excluding hydrogens is 360 g/mol. The zero-order chi connectivity index (χ0) is 15.8. The highest BCUT2D eigenvalue weighted by Crippen LogP contribution is 2.31. The molecule has 0 saturated heterocycles. The highest BCUT2D eigenvalue weighted by Gasteiger charge is 2.23. The van der Waals surface area contributed by atoms with Gasteiger partial charge in [0.15, 0.2) is 12.7 Å². The van der Waals surface area contributed by atoms with Gasteiger partial charge in [0.05, 0.1) is 0 Å². The molecule has 126 valence electrons. The Hall–Kier alpha value is -1.61. The van der Waals surface area contributed by atoms with Gasteiger partial charge in [-0.05, 0) is 62.1 Å². The predicted molar refractivity (Wildman–Crippen MR) is 96.4 cm³/mol. The molecule has 24 heavy (non-hydrogen) atoms. The van der Waals surface area contributed by atoms with Crippen molar-refractivity contribution in [1.82, 2.24) is 0 Å². The summed E-state index contributed by atoms with van der Waals surface area (Å²) in [6, 6.07) is 14.1. The highest BCUT2D eigenvalue weighted by molar-refractivity contribution is 5.80. The van der Waals surface area contributed by atoms with Crippen LogP contribution in [-0.4, -0.2) is 12.6 Å². The maximum absolute atomic E-state index is 2.54. The van der Waals surface area contributed by atoms with Gasteiger partial charge in [0.1, 0.15) is 0 Å². The summed E-state index contributed by atoms with van der Waals surface area (Å²) in [5, 5.41) is 0. The van der Waals surface area contributed by atoms with E-state index >= 15 is 0 Å². The topological polar surface area (TPSA) is 7.12 Å². The Balaban J connectivity index is 0.00000169. The normalized spacial score (nSPS) is 17.6. The Kier molecular flexibility index (Phi) is 5.09. The molecule has 1 aromatic carbocycles. The van der Waals surface area contributed by atoms with Gasteiger partial charge in [-0.15, -0.1) is 0 Å². The summed E-state index contributed by atoms with van der Waals surface area (Å²) in [6.45, 7) is 6.87. The molecule has 0 spiro atoms. The number of anilines is 1. The second kappa shape index (κ2) is 7.10. The Labute approximate surface area is 155 Å². The number of pyridine rings is 1. The fourth-order valence-electron chi connectivity index (χ4n) is 3.95. The van der Waals surface area contributed by atoms with Crippen LogP contribution in [0.5, 0.6) is 0 Å². The molecule has 0 atom stereocenters. The second-order valence-corrected chi connectivity index (χ2v) is 6.98. The van der Waals surface area contributed by atoms with Crippen molar-refractivity contribution < 1.29 is 21.5 Å².